The zero-order valence-electron chi connectivity index (χ0n) is 13.0. The Morgan fingerprint density at radius 1 is 1.27 bits per heavy atom. The van der Waals surface area contributed by atoms with Crippen LogP contribution in [0.5, 0.6) is 0 Å². The fraction of sp³-hybridized carbons (Fsp3) is 0.562. The summed E-state index contributed by atoms with van der Waals surface area (Å²) >= 11 is 0. The van der Waals surface area contributed by atoms with Crippen LogP contribution >= 0.6 is 0 Å². The van der Waals surface area contributed by atoms with Crippen molar-refractivity contribution >= 4 is 11.6 Å². The fourth-order valence-electron chi connectivity index (χ4n) is 2.69. The van der Waals surface area contributed by atoms with E-state index in [4.69, 9.17) is 5.11 Å². The van der Waals surface area contributed by atoms with Gasteiger partial charge in [-0.25, -0.2) is 4.39 Å². The zero-order chi connectivity index (χ0) is 15.9. The maximum atomic E-state index is 13.8. The van der Waals surface area contributed by atoms with Crippen LogP contribution in [0.3, 0.4) is 0 Å². The molecule has 1 saturated heterocycles. The number of amides is 1. The molecule has 6 heteroatoms. The molecule has 0 radical (unpaired) electrons. The fourth-order valence-corrected chi connectivity index (χ4v) is 2.69. The summed E-state index contributed by atoms with van der Waals surface area (Å²) in [5.74, 6) is -0.147. The average molecular weight is 309 g/mol. The number of hydrogen-bond donors (Lipinski definition) is 1. The Kier molecular flexibility index (Phi) is 6.15. The third kappa shape index (κ3) is 4.18. The van der Waals surface area contributed by atoms with Crippen molar-refractivity contribution < 1.29 is 14.3 Å². The smallest absolute Gasteiger partial charge is 0.236 e. The van der Waals surface area contributed by atoms with Crippen molar-refractivity contribution in [2.45, 2.75) is 6.92 Å². The van der Waals surface area contributed by atoms with E-state index in [1.807, 2.05) is 27.7 Å². The Hall–Kier alpha value is -1.66. The second-order valence-corrected chi connectivity index (χ2v) is 5.41. The van der Waals surface area contributed by atoms with E-state index in [2.05, 4.69) is 0 Å². The van der Waals surface area contributed by atoms with Crippen LogP contribution in [0.4, 0.5) is 10.1 Å². The van der Waals surface area contributed by atoms with Crippen molar-refractivity contribution in [3.05, 3.63) is 30.1 Å². The molecule has 0 aromatic heterocycles. The first kappa shape index (κ1) is 16.7. The van der Waals surface area contributed by atoms with Crippen LogP contribution in [0.2, 0.25) is 0 Å². The van der Waals surface area contributed by atoms with E-state index in [1.54, 1.807) is 12.1 Å². The zero-order valence-corrected chi connectivity index (χ0v) is 13.0. The van der Waals surface area contributed by atoms with Gasteiger partial charge in [0, 0.05) is 32.7 Å². The minimum Gasteiger partial charge on any atom is -0.395 e. The highest BCUT2D eigenvalue weighted by Gasteiger charge is 2.23. The molecular formula is C16H24FN3O2. The maximum absolute atomic E-state index is 13.8. The van der Waals surface area contributed by atoms with Crippen molar-refractivity contribution in [3.8, 4) is 0 Å². The van der Waals surface area contributed by atoms with E-state index in [-0.39, 0.29) is 18.3 Å². The van der Waals surface area contributed by atoms with E-state index < -0.39 is 0 Å². The number of rotatable bonds is 6. The number of anilines is 1. The predicted octanol–water partition coefficient (Wildman–Crippen LogP) is 0.788. The summed E-state index contributed by atoms with van der Waals surface area (Å²) in [6.45, 7) is 6.09. The summed E-state index contributed by atoms with van der Waals surface area (Å²) in [6.07, 6.45) is 0. The number of aliphatic hydroxyl groups is 1. The van der Waals surface area contributed by atoms with Crippen LogP contribution in [0.25, 0.3) is 0 Å². The lowest BCUT2D eigenvalue weighted by atomic mass is 10.2. The van der Waals surface area contributed by atoms with Crippen LogP contribution in [0, 0.1) is 5.82 Å². The minimum absolute atomic E-state index is 0.0577. The molecule has 5 nitrogen and oxygen atoms in total. The highest BCUT2D eigenvalue weighted by molar-refractivity contribution is 5.78. The van der Waals surface area contributed by atoms with Crippen LogP contribution in [-0.4, -0.2) is 73.2 Å². The van der Waals surface area contributed by atoms with Crippen molar-refractivity contribution in [2.75, 3.05) is 57.3 Å². The van der Waals surface area contributed by atoms with E-state index in [0.717, 1.165) is 6.54 Å². The van der Waals surface area contributed by atoms with Crippen molar-refractivity contribution in [1.29, 1.82) is 0 Å². The van der Waals surface area contributed by atoms with Gasteiger partial charge in [0.05, 0.1) is 18.8 Å². The predicted molar refractivity (Wildman–Crippen MR) is 84.4 cm³/mol. The van der Waals surface area contributed by atoms with Gasteiger partial charge in [-0.05, 0) is 18.7 Å². The Morgan fingerprint density at radius 2 is 1.95 bits per heavy atom. The third-order valence-electron chi connectivity index (χ3n) is 4.05. The molecule has 1 amide bonds. The Balaban J connectivity index is 1.86. The van der Waals surface area contributed by atoms with Gasteiger partial charge in [-0.1, -0.05) is 19.1 Å². The summed E-state index contributed by atoms with van der Waals surface area (Å²) in [6, 6.07) is 6.73. The maximum Gasteiger partial charge on any atom is 0.236 e. The number of likely N-dealkylation sites (N-methyl/N-ethyl adjacent to an activating group) is 1. The Labute approximate surface area is 130 Å². The number of hydrogen-bond acceptors (Lipinski definition) is 4. The summed E-state index contributed by atoms with van der Waals surface area (Å²) in [5.41, 5.74) is 0.602. The van der Waals surface area contributed by atoms with E-state index in [1.165, 1.54) is 6.07 Å². The number of halogens is 1. The molecule has 1 fully saturated rings. The summed E-state index contributed by atoms with van der Waals surface area (Å²) in [7, 11) is 0. The largest absolute Gasteiger partial charge is 0.395 e. The Bertz CT molecular complexity index is 490. The van der Waals surface area contributed by atoms with Crippen LogP contribution in [0.1, 0.15) is 6.92 Å². The first-order valence-electron chi connectivity index (χ1n) is 7.76. The molecule has 0 aliphatic carbocycles. The number of benzene rings is 1. The summed E-state index contributed by atoms with van der Waals surface area (Å²) in [4.78, 5) is 18.0. The monoisotopic (exact) mass is 309 g/mol. The molecule has 1 aromatic rings. The average Bonchev–Trinajstić information content (AvgIpc) is 2.55. The summed E-state index contributed by atoms with van der Waals surface area (Å²) < 4.78 is 13.8. The second kappa shape index (κ2) is 8.10. The second-order valence-electron chi connectivity index (χ2n) is 5.41. The summed E-state index contributed by atoms with van der Waals surface area (Å²) in [5, 5.41) is 8.97. The van der Waals surface area contributed by atoms with Crippen LogP contribution < -0.4 is 4.90 Å². The Morgan fingerprint density at radius 3 is 2.55 bits per heavy atom. The molecule has 0 spiro atoms. The topological polar surface area (TPSA) is 47.0 Å². The lowest BCUT2D eigenvalue weighted by Crippen LogP contribution is -2.51. The molecule has 0 unspecified atom stereocenters. The number of piperazine rings is 1. The first-order chi connectivity index (χ1) is 10.7. The van der Waals surface area contributed by atoms with Gasteiger partial charge in [-0.15, -0.1) is 0 Å². The van der Waals surface area contributed by atoms with Crippen LogP contribution in [0.15, 0.2) is 24.3 Å². The molecule has 22 heavy (non-hydrogen) atoms. The van der Waals surface area contributed by atoms with Crippen LogP contribution in [-0.2, 0) is 4.79 Å². The molecule has 122 valence electrons. The molecule has 1 N–H and O–H groups in total. The molecule has 0 atom stereocenters. The molecule has 1 aliphatic rings. The highest BCUT2D eigenvalue weighted by atomic mass is 19.1. The van der Waals surface area contributed by atoms with Gasteiger partial charge < -0.3 is 14.9 Å². The minimum atomic E-state index is -0.220. The molecule has 1 heterocycles. The van der Waals surface area contributed by atoms with E-state index >= 15 is 0 Å². The normalized spacial score (nSPS) is 15.5. The van der Waals surface area contributed by atoms with Crippen molar-refractivity contribution in [2.24, 2.45) is 0 Å². The third-order valence-corrected chi connectivity index (χ3v) is 4.05. The molecule has 1 aliphatic heterocycles. The number of carbonyl (C=O) groups excluding carboxylic acids is 1. The van der Waals surface area contributed by atoms with Gasteiger partial charge in [0.25, 0.3) is 0 Å². The SMILES string of the molecule is CCN(CCO)CC(=O)N1CCN(c2ccccc2F)CC1. The van der Waals surface area contributed by atoms with Gasteiger partial charge in [0.15, 0.2) is 0 Å². The van der Waals surface area contributed by atoms with Gasteiger partial charge in [-0.3, -0.25) is 9.69 Å². The standard InChI is InChI=1S/C16H24FN3O2/c1-2-18(11-12-21)13-16(22)20-9-7-19(8-10-20)15-6-4-3-5-14(15)17/h3-6,21H,2,7-13H2,1H3. The molecule has 2 rings (SSSR count). The van der Waals surface area contributed by atoms with Gasteiger partial charge in [0.2, 0.25) is 5.91 Å². The quantitative estimate of drug-likeness (QED) is 0.844. The van der Waals surface area contributed by atoms with Crippen molar-refractivity contribution in [3.63, 3.8) is 0 Å². The van der Waals surface area contributed by atoms with E-state index in [9.17, 15) is 9.18 Å². The lowest BCUT2D eigenvalue weighted by molar-refractivity contribution is -0.132. The van der Waals surface area contributed by atoms with Gasteiger partial charge in [-0.2, -0.15) is 0 Å². The number of nitrogens with zero attached hydrogens (tertiary/aromatic N) is 3. The van der Waals surface area contributed by atoms with Crippen molar-refractivity contribution in [1.82, 2.24) is 9.80 Å². The molecule has 0 bridgehead atoms. The lowest BCUT2D eigenvalue weighted by Gasteiger charge is -2.37. The number of aliphatic hydroxyl groups excluding tert-OH is 1. The van der Waals surface area contributed by atoms with Gasteiger partial charge in [0.1, 0.15) is 5.82 Å². The van der Waals surface area contributed by atoms with Gasteiger partial charge >= 0.3 is 0 Å². The number of para-hydroxylation sites is 1. The first-order valence-corrected chi connectivity index (χ1v) is 7.76. The molecular weight excluding hydrogens is 285 g/mol. The number of carbonyl (C=O) groups is 1. The highest BCUT2D eigenvalue weighted by Crippen LogP contribution is 2.20. The van der Waals surface area contributed by atoms with E-state index in [0.29, 0.717) is 45.0 Å². The molecule has 0 saturated carbocycles. The molecule has 1 aromatic carbocycles.